The lowest BCUT2D eigenvalue weighted by Crippen LogP contribution is -2.50. The minimum Gasteiger partial charge on any atom is -0.481 e. The first-order valence-corrected chi connectivity index (χ1v) is 9.27. The average molecular weight is 353 g/mol. The van der Waals surface area contributed by atoms with Crippen LogP contribution in [0.2, 0.25) is 0 Å². The van der Waals surface area contributed by atoms with Gasteiger partial charge in [0.25, 0.3) is 0 Å². The van der Waals surface area contributed by atoms with Crippen LogP contribution in [0.1, 0.15) is 58.8 Å². The van der Waals surface area contributed by atoms with E-state index in [1.807, 2.05) is 18.7 Å². The van der Waals surface area contributed by atoms with Crippen molar-refractivity contribution in [3.63, 3.8) is 0 Å². The molecule has 2 fully saturated rings. The quantitative estimate of drug-likeness (QED) is 0.701. The Hall–Kier alpha value is -1.79. The first-order valence-electron chi connectivity index (χ1n) is 9.27. The Labute approximate surface area is 149 Å². The third-order valence-electron chi connectivity index (χ3n) is 5.68. The van der Waals surface area contributed by atoms with Gasteiger partial charge in [-0.3, -0.25) is 9.59 Å². The number of hydrogen-bond donors (Lipinski definition) is 3. The fourth-order valence-electron chi connectivity index (χ4n) is 3.99. The molecule has 1 aliphatic heterocycles. The number of carboxylic acids is 1. The molecule has 2 rings (SSSR count). The van der Waals surface area contributed by atoms with E-state index in [0.29, 0.717) is 38.6 Å². The van der Waals surface area contributed by atoms with E-state index in [9.17, 15) is 14.4 Å². The van der Waals surface area contributed by atoms with Crippen LogP contribution >= 0.6 is 0 Å². The van der Waals surface area contributed by atoms with Crippen LogP contribution in [0.4, 0.5) is 4.79 Å². The molecule has 1 unspecified atom stereocenters. The lowest BCUT2D eigenvalue weighted by molar-refractivity contribution is -0.142. The van der Waals surface area contributed by atoms with Crippen LogP contribution in [-0.4, -0.2) is 47.0 Å². The topological polar surface area (TPSA) is 113 Å². The summed E-state index contributed by atoms with van der Waals surface area (Å²) >= 11 is 0. The zero-order chi connectivity index (χ0) is 18.6. The standard InChI is InChI=1S/C18H31N3O4/c1-18(2,16(19)24)10-12-4-3-9-21(11-12)17(25)20-14-7-5-13(6-8-14)15(22)23/h12-14H,3-11H2,1-2H3,(H2,19,24)(H,20,25)(H,22,23). The highest BCUT2D eigenvalue weighted by atomic mass is 16.4. The number of piperidine rings is 1. The van der Waals surface area contributed by atoms with E-state index in [-0.39, 0.29) is 29.8 Å². The summed E-state index contributed by atoms with van der Waals surface area (Å²) in [4.78, 5) is 36.9. The van der Waals surface area contributed by atoms with Gasteiger partial charge in [0, 0.05) is 24.5 Å². The third kappa shape index (κ3) is 5.34. The minimum atomic E-state index is -0.735. The SMILES string of the molecule is CC(C)(CC1CCCN(C(=O)NC2CCC(C(=O)O)CC2)C1)C(N)=O. The van der Waals surface area contributed by atoms with E-state index in [2.05, 4.69) is 5.32 Å². The maximum Gasteiger partial charge on any atom is 0.317 e. The molecule has 3 amide bonds. The fraction of sp³-hybridized carbons (Fsp3) is 0.833. The molecular formula is C18H31N3O4. The number of carboxylic acid groups (broad SMARTS) is 1. The molecule has 25 heavy (non-hydrogen) atoms. The molecule has 0 aromatic rings. The first-order chi connectivity index (χ1) is 11.7. The number of urea groups is 1. The first kappa shape index (κ1) is 19.5. The van der Waals surface area contributed by atoms with Gasteiger partial charge in [0.15, 0.2) is 0 Å². The Kier molecular flexibility index (Phi) is 6.30. The van der Waals surface area contributed by atoms with Gasteiger partial charge in [0.05, 0.1) is 5.92 Å². The van der Waals surface area contributed by atoms with Crippen molar-refractivity contribution < 1.29 is 19.5 Å². The molecule has 1 aliphatic carbocycles. The summed E-state index contributed by atoms with van der Waals surface area (Å²) in [6.07, 6.45) is 5.30. The maximum atomic E-state index is 12.5. The van der Waals surface area contributed by atoms with Crippen LogP contribution in [0, 0.1) is 17.3 Å². The minimum absolute atomic E-state index is 0.0607. The van der Waals surface area contributed by atoms with E-state index >= 15 is 0 Å². The fourth-order valence-corrected chi connectivity index (χ4v) is 3.99. The number of amides is 3. The van der Waals surface area contributed by atoms with Crippen LogP contribution in [0.3, 0.4) is 0 Å². The van der Waals surface area contributed by atoms with Crippen LogP contribution in [0.25, 0.3) is 0 Å². The zero-order valence-corrected chi connectivity index (χ0v) is 15.3. The van der Waals surface area contributed by atoms with Gasteiger partial charge in [-0.05, 0) is 50.9 Å². The smallest absolute Gasteiger partial charge is 0.317 e. The number of aliphatic carboxylic acids is 1. The van der Waals surface area contributed by atoms with Gasteiger partial charge in [-0.25, -0.2) is 4.79 Å². The molecule has 0 aromatic heterocycles. The Morgan fingerprint density at radius 3 is 2.36 bits per heavy atom. The molecule has 0 radical (unpaired) electrons. The molecule has 7 nitrogen and oxygen atoms in total. The van der Waals surface area contributed by atoms with E-state index in [1.54, 1.807) is 0 Å². The van der Waals surface area contributed by atoms with E-state index in [0.717, 1.165) is 19.4 Å². The molecule has 0 aromatic carbocycles. The number of rotatable bonds is 5. The molecule has 1 heterocycles. The molecule has 0 spiro atoms. The molecule has 4 N–H and O–H groups in total. The van der Waals surface area contributed by atoms with Crippen LogP contribution in [0.5, 0.6) is 0 Å². The molecule has 142 valence electrons. The van der Waals surface area contributed by atoms with Gasteiger partial charge in [-0.15, -0.1) is 0 Å². The van der Waals surface area contributed by atoms with Crippen molar-refractivity contribution in [1.82, 2.24) is 10.2 Å². The third-order valence-corrected chi connectivity index (χ3v) is 5.68. The highest BCUT2D eigenvalue weighted by Crippen LogP contribution is 2.31. The van der Waals surface area contributed by atoms with Crippen molar-refractivity contribution in [1.29, 1.82) is 0 Å². The second-order valence-corrected chi connectivity index (χ2v) is 8.24. The van der Waals surface area contributed by atoms with Crippen molar-refractivity contribution in [3.8, 4) is 0 Å². The monoisotopic (exact) mass is 353 g/mol. The predicted molar refractivity (Wildman–Crippen MR) is 93.8 cm³/mol. The summed E-state index contributed by atoms with van der Waals surface area (Å²) in [5, 5.41) is 12.1. The summed E-state index contributed by atoms with van der Waals surface area (Å²) < 4.78 is 0. The molecule has 7 heteroatoms. The normalized spacial score (nSPS) is 27.6. The van der Waals surface area contributed by atoms with Gasteiger partial charge in [-0.2, -0.15) is 0 Å². The predicted octanol–water partition coefficient (Wildman–Crippen LogP) is 1.95. The molecular weight excluding hydrogens is 322 g/mol. The van der Waals surface area contributed by atoms with Gasteiger partial charge in [0.1, 0.15) is 0 Å². The molecule has 1 atom stereocenters. The number of carbonyl (C=O) groups is 3. The van der Waals surface area contributed by atoms with Gasteiger partial charge in [0.2, 0.25) is 5.91 Å². The van der Waals surface area contributed by atoms with Crippen molar-refractivity contribution >= 4 is 17.9 Å². The molecule has 2 aliphatic rings. The van der Waals surface area contributed by atoms with Crippen LogP contribution < -0.4 is 11.1 Å². The second-order valence-electron chi connectivity index (χ2n) is 8.24. The number of nitrogens with two attached hydrogens (primary N) is 1. The second kappa shape index (κ2) is 8.06. The lowest BCUT2D eigenvalue weighted by Gasteiger charge is -2.37. The van der Waals surface area contributed by atoms with E-state index in [4.69, 9.17) is 10.8 Å². The average Bonchev–Trinajstić information content (AvgIpc) is 2.55. The largest absolute Gasteiger partial charge is 0.481 e. The molecule has 0 bridgehead atoms. The summed E-state index contributed by atoms with van der Waals surface area (Å²) in [5.41, 5.74) is 4.91. The van der Waals surface area contributed by atoms with Crippen LogP contribution in [-0.2, 0) is 9.59 Å². The number of likely N-dealkylation sites (tertiary alicyclic amines) is 1. The molecule has 1 saturated carbocycles. The number of nitrogens with one attached hydrogen (secondary N) is 1. The number of nitrogens with zero attached hydrogens (tertiary/aromatic N) is 1. The summed E-state index contributed by atoms with van der Waals surface area (Å²) in [6, 6.07) is -0.00843. The Bertz CT molecular complexity index is 512. The number of carbonyl (C=O) groups excluding carboxylic acids is 2. The summed E-state index contributed by atoms with van der Waals surface area (Å²) in [7, 11) is 0. The zero-order valence-electron chi connectivity index (χ0n) is 15.3. The van der Waals surface area contributed by atoms with E-state index in [1.165, 1.54) is 0 Å². The number of primary amides is 1. The van der Waals surface area contributed by atoms with Crippen LogP contribution in [0.15, 0.2) is 0 Å². The summed E-state index contributed by atoms with van der Waals surface area (Å²) in [6.45, 7) is 5.08. The Morgan fingerprint density at radius 2 is 1.80 bits per heavy atom. The highest BCUT2D eigenvalue weighted by molar-refractivity contribution is 5.80. The van der Waals surface area contributed by atoms with E-state index < -0.39 is 11.4 Å². The van der Waals surface area contributed by atoms with Gasteiger partial charge in [-0.1, -0.05) is 13.8 Å². The number of hydrogen-bond acceptors (Lipinski definition) is 3. The Morgan fingerprint density at radius 1 is 1.16 bits per heavy atom. The van der Waals surface area contributed by atoms with Crippen molar-refractivity contribution in [3.05, 3.63) is 0 Å². The van der Waals surface area contributed by atoms with Crippen molar-refractivity contribution in [2.45, 2.75) is 64.8 Å². The summed E-state index contributed by atoms with van der Waals surface area (Å²) in [5.74, 6) is -1.03. The van der Waals surface area contributed by atoms with Gasteiger partial charge >= 0.3 is 12.0 Å². The maximum absolute atomic E-state index is 12.5. The lowest BCUT2D eigenvalue weighted by atomic mass is 9.79. The Balaban J connectivity index is 1.82. The van der Waals surface area contributed by atoms with Gasteiger partial charge < -0.3 is 21.1 Å². The molecule has 1 saturated heterocycles. The highest BCUT2D eigenvalue weighted by Gasteiger charge is 2.33. The van der Waals surface area contributed by atoms with Crippen molar-refractivity contribution in [2.75, 3.05) is 13.1 Å². The van der Waals surface area contributed by atoms with Crippen molar-refractivity contribution in [2.24, 2.45) is 23.0 Å².